The molecule has 0 aromatic heterocycles. The number of nitro benzene ring substituents is 1. The van der Waals surface area contributed by atoms with Gasteiger partial charge in [-0.2, -0.15) is 0 Å². The van der Waals surface area contributed by atoms with Crippen molar-refractivity contribution in [3.63, 3.8) is 0 Å². The molecule has 8 nitrogen and oxygen atoms in total. The lowest BCUT2D eigenvalue weighted by Crippen LogP contribution is -2.41. The van der Waals surface area contributed by atoms with E-state index in [0.717, 1.165) is 36.1 Å². The molecule has 1 atom stereocenters. The van der Waals surface area contributed by atoms with Gasteiger partial charge in [-0.3, -0.25) is 24.6 Å². The zero-order valence-electron chi connectivity index (χ0n) is 16.5. The Morgan fingerprint density at radius 1 is 1.10 bits per heavy atom. The number of rotatable bonds is 5. The molecular weight excluding hydrogens is 386 g/mol. The van der Waals surface area contributed by atoms with E-state index < -0.39 is 22.4 Å². The highest BCUT2D eigenvalue weighted by Crippen LogP contribution is 2.30. The highest BCUT2D eigenvalue weighted by atomic mass is 16.6. The van der Waals surface area contributed by atoms with E-state index in [-0.39, 0.29) is 18.0 Å². The van der Waals surface area contributed by atoms with Crippen LogP contribution in [-0.4, -0.2) is 34.1 Å². The number of non-ortho nitro benzene ring substituents is 1. The molecule has 0 spiro atoms. The molecule has 1 N–H and O–H groups in total. The molecule has 4 rings (SSSR count). The summed E-state index contributed by atoms with van der Waals surface area (Å²) in [5.74, 6) is -0.868. The van der Waals surface area contributed by atoms with Crippen molar-refractivity contribution in [3.8, 4) is 0 Å². The molecule has 2 aromatic carbocycles. The van der Waals surface area contributed by atoms with Gasteiger partial charge >= 0.3 is 6.03 Å². The standard InChI is InChI=1S/C22H21N3O5/c1-22(17-8-10-18(11-9-17)25(29)30)20(27)24(21(28)23-22)13-19(26)16-7-6-14-4-2-3-5-15(14)12-16/h6-12H,2-5,13H2,1H3,(H,23,28). The number of nitrogens with one attached hydrogen (secondary N) is 1. The van der Waals surface area contributed by atoms with E-state index in [4.69, 9.17) is 0 Å². The van der Waals surface area contributed by atoms with Crippen LogP contribution in [-0.2, 0) is 23.2 Å². The Hall–Kier alpha value is -3.55. The Bertz CT molecular complexity index is 1060. The molecule has 1 fully saturated rings. The first-order valence-corrected chi connectivity index (χ1v) is 9.83. The second-order valence-corrected chi connectivity index (χ2v) is 7.86. The summed E-state index contributed by atoms with van der Waals surface area (Å²) in [6, 6.07) is 10.3. The molecule has 2 aliphatic rings. The monoisotopic (exact) mass is 407 g/mol. The van der Waals surface area contributed by atoms with Gasteiger partial charge in [0.15, 0.2) is 5.78 Å². The topological polar surface area (TPSA) is 110 Å². The summed E-state index contributed by atoms with van der Waals surface area (Å²) in [7, 11) is 0. The number of hydrogen-bond donors (Lipinski definition) is 1. The van der Waals surface area contributed by atoms with Gasteiger partial charge in [0.2, 0.25) is 0 Å². The Morgan fingerprint density at radius 2 is 1.77 bits per heavy atom. The fraction of sp³-hybridized carbons (Fsp3) is 0.318. The van der Waals surface area contributed by atoms with Gasteiger partial charge in [0.05, 0.1) is 11.5 Å². The zero-order valence-corrected chi connectivity index (χ0v) is 16.5. The van der Waals surface area contributed by atoms with Crippen LogP contribution in [0.3, 0.4) is 0 Å². The molecule has 2 aromatic rings. The van der Waals surface area contributed by atoms with Crippen molar-refractivity contribution in [2.24, 2.45) is 0 Å². The normalized spacial score (nSPS) is 20.6. The number of amides is 3. The average Bonchev–Trinajstić information content (AvgIpc) is 2.97. The molecule has 1 aliphatic carbocycles. The number of benzene rings is 2. The van der Waals surface area contributed by atoms with Crippen molar-refractivity contribution >= 4 is 23.4 Å². The maximum Gasteiger partial charge on any atom is 0.325 e. The van der Waals surface area contributed by atoms with Crippen LogP contribution in [0.1, 0.15) is 46.8 Å². The first kappa shape index (κ1) is 19.8. The van der Waals surface area contributed by atoms with E-state index in [9.17, 15) is 24.5 Å². The molecule has 1 heterocycles. The minimum absolute atomic E-state index is 0.112. The number of hydrogen-bond acceptors (Lipinski definition) is 5. The molecule has 154 valence electrons. The van der Waals surface area contributed by atoms with Crippen molar-refractivity contribution in [3.05, 3.63) is 74.8 Å². The molecule has 1 saturated heterocycles. The van der Waals surface area contributed by atoms with E-state index in [2.05, 4.69) is 5.32 Å². The van der Waals surface area contributed by atoms with Crippen LogP contribution in [0.2, 0.25) is 0 Å². The third-order valence-electron chi connectivity index (χ3n) is 5.90. The summed E-state index contributed by atoms with van der Waals surface area (Å²) in [6.07, 6.45) is 4.16. The molecule has 0 saturated carbocycles. The van der Waals surface area contributed by atoms with Gasteiger partial charge in [0, 0.05) is 17.7 Å². The van der Waals surface area contributed by atoms with Gasteiger partial charge < -0.3 is 5.32 Å². The summed E-state index contributed by atoms with van der Waals surface area (Å²) in [4.78, 5) is 49.5. The van der Waals surface area contributed by atoms with Crippen LogP contribution in [0.15, 0.2) is 42.5 Å². The Morgan fingerprint density at radius 3 is 2.43 bits per heavy atom. The van der Waals surface area contributed by atoms with E-state index >= 15 is 0 Å². The summed E-state index contributed by atoms with van der Waals surface area (Å²) in [6.45, 7) is 1.17. The van der Waals surface area contributed by atoms with E-state index in [0.29, 0.717) is 11.1 Å². The van der Waals surface area contributed by atoms with Gasteiger partial charge in [-0.1, -0.05) is 12.1 Å². The molecular formula is C22H21N3O5. The van der Waals surface area contributed by atoms with E-state index in [1.807, 2.05) is 12.1 Å². The number of nitrogens with zero attached hydrogens (tertiary/aromatic N) is 2. The molecule has 0 bridgehead atoms. The van der Waals surface area contributed by atoms with Gasteiger partial charge in [-0.25, -0.2) is 4.79 Å². The fourth-order valence-corrected chi connectivity index (χ4v) is 4.09. The first-order valence-electron chi connectivity index (χ1n) is 9.83. The second-order valence-electron chi connectivity index (χ2n) is 7.86. The molecule has 3 amide bonds. The first-order chi connectivity index (χ1) is 14.3. The second kappa shape index (κ2) is 7.37. The van der Waals surface area contributed by atoms with Crippen molar-refractivity contribution in [1.82, 2.24) is 10.2 Å². The Kier molecular flexibility index (Phi) is 4.85. The van der Waals surface area contributed by atoms with Crippen LogP contribution in [0, 0.1) is 10.1 Å². The highest BCUT2D eigenvalue weighted by molar-refractivity contribution is 6.11. The number of ketones is 1. The molecule has 0 radical (unpaired) electrons. The van der Waals surface area contributed by atoms with Crippen LogP contribution in [0.4, 0.5) is 10.5 Å². The van der Waals surface area contributed by atoms with Gasteiger partial charge in [0.1, 0.15) is 5.54 Å². The summed E-state index contributed by atoms with van der Waals surface area (Å²) < 4.78 is 0. The lowest BCUT2D eigenvalue weighted by molar-refractivity contribution is -0.384. The summed E-state index contributed by atoms with van der Waals surface area (Å²) in [5, 5.41) is 13.5. The lowest BCUT2D eigenvalue weighted by atomic mass is 9.89. The number of Topliss-reactive ketones (excluding diaryl/α,β-unsaturated/α-hetero) is 1. The minimum atomic E-state index is -1.39. The average molecular weight is 407 g/mol. The van der Waals surface area contributed by atoms with Crippen molar-refractivity contribution in [1.29, 1.82) is 0 Å². The number of aryl methyl sites for hydroxylation is 2. The van der Waals surface area contributed by atoms with Crippen LogP contribution < -0.4 is 5.32 Å². The Balaban J connectivity index is 1.54. The number of carbonyl (C=O) groups is 3. The van der Waals surface area contributed by atoms with Gasteiger partial charge in [-0.05, 0) is 67.5 Å². The molecule has 1 unspecified atom stereocenters. The van der Waals surface area contributed by atoms with Crippen molar-refractivity contribution in [2.75, 3.05) is 6.54 Å². The SMILES string of the molecule is CC1(c2ccc([N+](=O)[O-])cc2)NC(=O)N(CC(=O)c2ccc3c(c2)CCCC3)C1=O. The maximum atomic E-state index is 13.0. The van der Waals surface area contributed by atoms with E-state index in [1.54, 1.807) is 6.07 Å². The molecule has 1 aliphatic heterocycles. The highest BCUT2D eigenvalue weighted by Gasteiger charge is 2.49. The van der Waals surface area contributed by atoms with Gasteiger partial charge in [-0.15, -0.1) is 0 Å². The van der Waals surface area contributed by atoms with Crippen LogP contribution in [0.25, 0.3) is 0 Å². The number of urea groups is 1. The van der Waals surface area contributed by atoms with Crippen molar-refractivity contribution in [2.45, 2.75) is 38.1 Å². The van der Waals surface area contributed by atoms with Gasteiger partial charge in [0.25, 0.3) is 11.6 Å². The summed E-state index contributed by atoms with van der Waals surface area (Å²) in [5.41, 5.74) is 1.80. The third-order valence-corrected chi connectivity index (χ3v) is 5.90. The predicted octanol–water partition coefficient (Wildman–Crippen LogP) is 3.12. The number of carbonyl (C=O) groups excluding carboxylic acids is 3. The molecule has 30 heavy (non-hydrogen) atoms. The molecule has 8 heteroatoms. The number of fused-ring (bicyclic) bond motifs is 1. The van der Waals surface area contributed by atoms with E-state index in [1.165, 1.54) is 36.8 Å². The largest absolute Gasteiger partial charge is 0.325 e. The number of imide groups is 1. The smallest absolute Gasteiger partial charge is 0.319 e. The third kappa shape index (κ3) is 3.34. The van der Waals surface area contributed by atoms with Crippen molar-refractivity contribution < 1.29 is 19.3 Å². The number of nitro groups is 1. The predicted molar refractivity (Wildman–Crippen MR) is 108 cm³/mol. The quantitative estimate of drug-likeness (QED) is 0.354. The van der Waals surface area contributed by atoms with Crippen LogP contribution in [0.5, 0.6) is 0 Å². The fourth-order valence-electron chi connectivity index (χ4n) is 4.09. The lowest BCUT2D eigenvalue weighted by Gasteiger charge is -2.22. The van der Waals surface area contributed by atoms with Crippen LogP contribution >= 0.6 is 0 Å². The Labute approximate surface area is 173 Å². The summed E-state index contributed by atoms with van der Waals surface area (Å²) >= 11 is 0. The minimum Gasteiger partial charge on any atom is -0.319 e. The zero-order chi connectivity index (χ0) is 21.5. The maximum absolute atomic E-state index is 13.0.